The van der Waals surface area contributed by atoms with Crippen molar-refractivity contribution in [2.75, 3.05) is 0 Å². The number of sulfone groups is 1. The van der Waals surface area contributed by atoms with E-state index in [0.29, 0.717) is 21.6 Å². The van der Waals surface area contributed by atoms with Gasteiger partial charge in [0, 0.05) is 55.6 Å². The van der Waals surface area contributed by atoms with Crippen LogP contribution < -0.4 is 0 Å². The Morgan fingerprint density at radius 1 is 0.625 bits per heavy atom. The van der Waals surface area contributed by atoms with Crippen LogP contribution in [0.5, 0.6) is 0 Å². The molecule has 7 aliphatic rings. The lowest BCUT2D eigenvalue weighted by Gasteiger charge is -2.24. The Bertz CT molecular complexity index is 2610. The molecule has 4 aromatic carbocycles. The van der Waals surface area contributed by atoms with Crippen LogP contribution in [0.2, 0.25) is 0 Å². The molecule has 0 unspecified atom stereocenters. The standard InChI is InChI=1S/C42H37NO4S/c1-3-24-34-20-9-13-22(14-10-20)41(44)28(34)17-30-36(24)27-19-33-38(26-7-5-6-8-32(26)48(33,46)47)39-37-25(4-2)35-21-11-15-23(16-12-21)42(45)29(35)18-31(37)43(30)40(27)39/h5-8,17-23H,3-4,9-16H2,1-2H3. The van der Waals surface area contributed by atoms with E-state index in [1.54, 1.807) is 6.07 Å². The zero-order valence-electron chi connectivity index (χ0n) is 27.4. The Labute approximate surface area is 279 Å². The van der Waals surface area contributed by atoms with E-state index in [9.17, 15) is 18.0 Å². The van der Waals surface area contributed by atoms with Crippen molar-refractivity contribution in [3.05, 3.63) is 75.8 Å². The number of carbonyl (C=O) groups excluding carboxylic acids is 2. The van der Waals surface area contributed by atoms with Gasteiger partial charge in [-0.3, -0.25) is 9.59 Å². The minimum Gasteiger partial charge on any atom is -0.308 e. The lowest BCUT2D eigenvalue weighted by atomic mass is 9.79. The van der Waals surface area contributed by atoms with Crippen LogP contribution in [-0.2, 0) is 22.7 Å². The first-order valence-electron chi connectivity index (χ1n) is 18.2. The van der Waals surface area contributed by atoms with E-state index in [0.717, 1.165) is 125 Å². The lowest BCUT2D eigenvalue weighted by molar-refractivity contribution is 0.0891. The van der Waals surface area contributed by atoms with Crippen molar-refractivity contribution in [2.24, 2.45) is 11.8 Å². The molecule has 0 amide bonds. The summed E-state index contributed by atoms with van der Waals surface area (Å²) >= 11 is 0. The molecule has 6 heteroatoms. The maximum atomic E-state index is 14.4. The van der Waals surface area contributed by atoms with E-state index >= 15 is 0 Å². The van der Waals surface area contributed by atoms with Crippen LogP contribution in [0.15, 0.2) is 52.3 Å². The highest BCUT2D eigenvalue weighted by atomic mass is 32.2. The SMILES string of the molecule is CCc1c2c(cc3c1c1cc4c(c5c6c(CC)c7c(cc6n3c15)C(=O)C1CCC7CC1)-c1ccccc1S4(=O)=O)C(=O)C1CCC2CC1. The van der Waals surface area contributed by atoms with E-state index in [1.165, 1.54) is 22.3 Å². The van der Waals surface area contributed by atoms with Gasteiger partial charge in [0.05, 0.1) is 26.3 Å². The van der Waals surface area contributed by atoms with Crippen LogP contribution in [0.3, 0.4) is 0 Å². The molecule has 0 spiro atoms. The monoisotopic (exact) mass is 651 g/mol. The molecule has 5 nitrogen and oxygen atoms in total. The third kappa shape index (κ3) is 3.09. The van der Waals surface area contributed by atoms with Crippen molar-refractivity contribution in [1.82, 2.24) is 4.40 Å². The highest BCUT2D eigenvalue weighted by Gasteiger charge is 2.42. The molecule has 3 heterocycles. The highest BCUT2D eigenvalue weighted by Crippen LogP contribution is 2.57. The summed E-state index contributed by atoms with van der Waals surface area (Å²) in [5, 5.41) is 4.14. The molecule has 240 valence electrons. The van der Waals surface area contributed by atoms with Gasteiger partial charge in [-0.05, 0) is 123 Å². The number of benzene rings is 4. The number of aryl methyl sites for hydroxylation is 2. The summed E-state index contributed by atoms with van der Waals surface area (Å²) in [5.41, 5.74) is 11.2. The smallest absolute Gasteiger partial charge is 0.207 e. The molecule has 13 rings (SSSR count). The van der Waals surface area contributed by atoms with Crippen molar-refractivity contribution in [3.8, 4) is 11.1 Å². The first-order valence-corrected chi connectivity index (χ1v) is 19.7. The Kier molecular flexibility index (Phi) is 5.31. The normalized spacial score (nSPS) is 25.2. The van der Waals surface area contributed by atoms with Gasteiger partial charge >= 0.3 is 0 Å². The van der Waals surface area contributed by atoms with Crippen LogP contribution in [0.25, 0.3) is 49.2 Å². The molecule has 0 N–H and O–H groups in total. The zero-order chi connectivity index (χ0) is 32.4. The van der Waals surface area contributed by atoms with Gasteiger partial charge in [-0.1, -0.05) is 32.0 Å². The number of aromatic nitrogens is 1. The Morgan fingerprint density at radius 2 is 1.15 bits per heavy atom. The first kappa shape index (κ1) is 27.9. The number of hydrogen-bond acceptors (Lipinski definition) is 4. The fourth-order valence-electron chi connectivity index (χ4n) is 11.4. The fourth-order valence-corrected chi connectivity index (χ4v) is 13.1. The van der Waals surface area contributed by atoms with Gasteiger partial charge in [-0.2, -0.15) is 0 Å². The maximum Gasteiger partial charge on any atom is 0.207 e. The van der Waals surface area contributed by atoms with Gasteiger partial charge in [0.2, 0.25) is 9.84 Å². The average molecular weight is 652 g/mol. The third-order valence-corrected chi connectivity index (χ3v) is 15.2. The minimum atomic E-state index is -3.75. The highest BCUT2D eigenvalue weighted by molar-refractivity contribution is 7.92. The van der Waals surface area contributed by atoms with Gasteiger partial charge < -0.3 is 4.40 Å². The number of rotatable bonds is 2. The summed E-state index contributed by atoms with van der Waals surface area (Å²) in [5.74, 6) is 1.41. The summed E-state index contributed by atoms with van der Waals surface area (Å²) in [7, 11) is -3.75. The second kappa shape index (κ2) is 9.15. The van der Waals surface area contributed by atoms with Crippen molar-refractivity contribution < 1.29 is 18.0 Å². The summed E-state index contributed by atoms with van der Waals surface area (Å²) in [6.45, 7) is 4.38. The third-order valence-electron chi connectivity index (χ3n) is 13.4. The average Bonchev–Trinajstić information content (AvgIpc) is 3.56. The predicted molar refractivity (Wildman–Crippen MR) is 189 cm³/mol. The summed E-state index contributed by atoms with van der Waals surface area (Å²) in [6.07, 6.45) is 9.42. The van der Waals surface area contributed by atoms with Gasteiger partial charge in [0.15, 0.2) is 11.6 Å². The molecule has 2 aromatic heterocycles. The summed E-state index contributed by atoms with van der Waals surface area (Å²) in [4.78, 5) is 29.2. The van der Waals surface area contributed by atoms with Crippen LogP contribution in [0.4, 0.5) is 0 Å². The number of hydrogen-bond donors (Lipinski definition) is 0. The number of Topliss-reactive ketones (excluding diaryl/α,β-unsaturated/α-hetero) is 2. The van der Waals surface area contributed by atoms with Crippen molar-refractivity contribution >= 4 is 59.5 Å². The molecule has 1 aliphatic heterocycles. The largest absolute Gasteiger partial charge is 0.308 e. The molecule has 0 radical (unpaired) electrons. The molecule has 4 bridgehead atoms. The van der Waals surface area contributed by atoms with Crippen LogP contribution in [-0.4, -0.2) is 24.4 Å². The van der Waals surface area contributed by atoms with Crippen molar-refractivity contribution in [2.45, 2.75) is 99.7 Å². The second-order valence-electron chi connectivity index (χ2n) is 15.3. The van der Waals surface area contributed by atoms with Crippen LogP contribution >= 0.6 is 0 Å². The van der Waals surface area contributed by atoms with Crippen LogP contribution in [0.1, 0.15) is 120 Å². The molecular weight excluding hydrogens is 615 g/mol. The van der Waals surface area contributed by atoms with E-state index in [2.05, 4.69) is 30.4 Å². The number of carbonyl (C=O) groups is 2. The second-order valence-corrected chi connectivity index (χ2v) is 17.2. The van der Waals surface area contributed by atoms with Gasteiger partial charge in [0.25, 0.3) is 0 Å². The minimum absolute atomic E-state index is 0.0762. The topological polar surface area (TPSA) is 72.7 Å². The Morgan fingerprint density at radius 3 is 1.73 bits per heavy atom. The molecule has 0 saturated heterocycles. The van der Waals surface area contributed by atoms with E-state index < -0.39 is 9.84 Å². The van der Waals surface area contributed by atoms with Crippen molar-refractivity contribution in [1.29, 1.82) is 0 Å². The fraction of sp³-hybridized carbons (Fsp3) is 0.381. The predicted octanol–water partition coefficient (Wildman–Crippen LogP) is 9.71. The lowest BCUT2D eigenvalue weighted by Crippen LogP contribution is -2.15. The van der Waals surface area contributed by atoms with Gasteiger partial charge in [0.1, 0.15) is 0 Å². The Hall–Kier alpha value is -4.03. The van der Waals surface area contributed by atoms with Crippen molar-refractivity contribution in [3.63, 3.8) is 0 Å². The molecule has 6 aliphatic carbocycles. The molecular formula is C42H37NO4S. The molecule has 0 atom stereocenters. The zero-order valence-corrected chi connectivity index (χ0v) is 28.2. The first-order chi connectivity index (χ1) is 23.3. The van der Waals surface area contributed by atoms with E-state index in [4.69, 9.17) is 0 Å². The summed E-state index contributed by atoms with van der Waals surface area (Å²) < 4.78 is 31.2. The van der Waals surface area contributed by atoms with Gasteiger partial charge in [-0.15, -0.1) is 0 Å². The molecule has 2 saturated carbocycles. The number of fused-ring (bicyclic) bond motifs is 14. The molecule has 6 aromatic rings. The van der Waals surface area contributed by atoms with Crippen LogP contribution in [0, 0.1) is 11.8 Å². The number of nitrogens with zero attached hydrogens (tertiary/aromatic N) is 1. The quantitative estimate of drug-likeness (QED) is 0.187. The summed E-state index contributed by atoms with van der Waals surface area (Å²) in [6, 6.07) is 13.8. The maximum absolute atomic E-state index is 14.4. The van der Waals surface area contributed by atoms with Gasteiger partial charge in [-0.25, -0.2) is 8.42 Å². The van der Waals surface area contributed by atoms with E-state index in [-0.39, 0.29) is 23.4 Å². The Balaban J connectivity index is 1.42. The van der Waals surface area contributed by atoms with E-state index in [1.807, 2.05) is 24.3 Å². The molecule has 2 fully saturated rings. The molecule has 48 heavy (non-hydrogen) atoms. The number of ketones is 2.